The minimum absolute atomic E-state index is 0. The van der Waals surface area contributed by atoms with Gasteiger partial charge in [-0.3, -0.25) is 0 Å². The van der Waals surface area contributed by atoms with Gasteiger partial charge in [-0.2, -0.15) is 0 Å². The third kappa shape index (κ3) is 103. The molecule has 7 heteroatoms. The molecule has 0 aromatic carbocycles. The van der Waals surface area contributed by atoms with Crippen LogP contribution in [0.15, 0.2) is 0 Å². The number of rotatable bonds is 0. The van der Waals surface area contributed by atoms with Crippen molar-refractivity contribution in [3.63, 3.8) is 0 Å². The summed E-state index contributed by atoms with van der Waals surface area (Å²) in [6.45, 7) is 0. The molecule has 0 unspecified atom stereocenters. The van der Waals surface area contributed by atoms with E-state index in [1.165, 1.54) is 0 Å². The first-order valence-electron chi connectivity index (χ1n) is 0.408. The fourth-order valence-corrected chi connectivity index (χ4v) is 0. The Morgan fingerprint density at radius 1 is 0.714 bits per heavy atom. The van der Waals surface area contributed by atoms with Gasteiger partial charge < -0.3 is 0 Å². The number of hydrogen-bond acceptors (Lipinski definition) is 2. The average Bonchev–Trinajstić information content (AvgIpc) is 0.918. The van der Waals surface area contributed by atoms with Gasteiger partial charge >= 0.3 is 25.7 Å². The van der Waals surface area contributed by atoms with Crippen molar-refractivity contribution in [3.8, 4) is 0 Å². The van der Waals surface area contributed by atoms with Crippen LogP contribution in [0.3, 0.4) is 0 Å². The second kappa shape index (κ2) is 51.2. The topological polar surface area (TPSA) is 34.1 Å². The maximum atomic E-state index is 8.50. The summed E-state index contributed by atoms with van der Waals surface area (Å²) in [5.41, 5.74) is 0. The van der Waals surface area contributed by atoms with Crippen LogP contribution in [0.2, 0.25) is 0 Å². The van der Waals surface area contributed by atoms with Crippen molar-refractivity contribution in [2.45, 2.75) is 0 Å². The fraction of sp³-hybridized carbons (Fsp3) is 0. The molecule has 0 N–H and O–H groups in total. The van der Waals surface area contributed by atoms with Gasteiger partial charge in [0.1, 0.15) is 0 Å². The van der Waals surface area contributed by atoms with E-state index < -0.39 is 19.1 Å². The standard InChI is InChI=1S/4ClH.2O.Ti/h4*1H;;;. The van der Waals surface area contributed by atoms with Crippen LogP contribution in [0.5, 0.6) is 0 Å². The van der Waals surface area contributed by atoms with Gasteiger partial charge in [-0.05, 0) is 0 Å². The number of halogens is 4. The van der Waals surface area contributed by atoms with E-state index in [0.717, 1.165) is 0 Å². The minimum atomic E-state index is -2.00. The Balaban J connectivity index is -0.00000000333. The number of hydrogen-bond donors (Lipinski definition) is 0. The van der Waals surface area contributed by atoms with Gasteiger partial charge in [0.25, 0.3) is 0 Å². The van der Waals surface area contributed by atoms with Crippen molar-refractivity contribution in [3.05, 3.63) is 0 Å². The predicted molar refractivity (Wildman–Crippen MR) is 30.4 cm³/mol. The predicted octanol–water partition coefficient (Wildman–Crippen LogP) is 1.45. The monoisotopic (exact) mass is 224 g/mol. The molecule has 0 fully saturated rings. The molecule has 0 rings (SSSR count). The molecule has 0 aliphatic rings. The van der Waals surface area contributed by atoms with E-state index in [4.69, 9.17) is 6.65 Å². The second-order valence-corrected chi connectivity index (χ2v) is 0.344. The van der Waals surface area contributed by atoms with Gasteiger partial charge in [0.15, 0.2) is 0 Å². The van der Waals surface area contributed by atoms with Gasteiger partial charge in [0.2, 0.25) is 0 Å². The van der Waals surface area contributed by atoms with Crippen LogP contribution >= 0.6 is 49.6 Å². The zero-order chi connectivity index (χ0) is 2.71. The maximum absolute atomic E-state index is 8.50. The summed E-state index contributed by atoms with van der Waals surface area (Å²) < 4.78 is 17.0. The SMILES string of the molecule is Cl.Cl.Cl.Cl.[O]=[Ti]=[O]. The summed E-state index contributed by atoms with van der Waals surface area (Å²) in [5, 5.41) is 0. The average molecular weight is 226 g/mol. The van der Waals surface area contributed by atoms with Crippen molar-refractivity contribution in [2.75, 3.05) is 0 Å². The van der Waals surface area contributed by atoms with Gasteiger partial charge in [-0.25, -0.2) is 0 Å². The third-order valence-corrected chi connectivity index (χ3v) is 0. The molecule has 0 aromatic heterocycles. The normalized spacial score (nSPS) is 1.14. The van der Waals surface area contributed by atoms with Crippen LogP contribution < -0.4 is 0 Å². The molecule has 0 aliphatic heterocycles. The van der Waals surface area contributed by atoms with Gasteiger partial charge in [-0.15, -0.1) is 49.6 Å². The quantitative estimate of drug-likeness (QED) is 0.585. The van der Waals surface area contributed by atoms with Crippen LogP contribution in [0.25, 0.3) is 0 Å². The molecule has 0 spiro atoms. The van der Waals surface area contributed by atoms with E-state index in [1.807, 2.05) is 0 Å². The molecule has 0 bridgehead atoms. The van der Waals surface area contributed by atoms with Crippen molar-refractivity contribution < 1.29 is 25.7 Å². The summed E-state index contributed by atoms with van der Waals surface area (Å²) >= 11 is -2.00. The van der Waals surface area contributed by atoms with E-state index in [-0.39, 0.29) is 49.6 Å². The molecule has 2 nitrogen and oxygen atoms in total. The first-order chi connectivity index (χ1) is 1.41. The van der Waals surface area contributed by atoms with Crippen LogP contribution in [-0.4, -0.2) is 0 Å². The Labute approximate surface area is 75.0 Å². The Bertz CT molecular complexity index is 30.7. The van der Waals surface area contributed by atoms with Crippen molar-refractivity contribution in [1.29, 1.82) is 0 Å². The zero-order valence-corrected chi connectivity index (χ0v) is 7.78. The molecular weight excluding hydrogens is 222 g/mol. The molecular formula is H4Cl4O2Ti. The van der Waals surface area contributed by atoms with E-state index in [9.17, 15) is 0 Å². The molecule has 0 saturated heterocycles. The van der Waals surface area contributed by atoms with E-state index >= 15 is 0 Å². The van der Waals surface area contributed by atoms with Crippen molar-refractivity contribution in [2.24, 2.45) is 0 Å². The summed E-state index contributed by atoms with van der Waals surface area (Å²) in [6.07, 6.45) is 0. The summed E-state index contributed by atoms with van der Waals surface area (Å²) in [7, 11) is 0. The Kier molecular flexibility index (Phi) is 287. The van der Waals surface area contributed by atoms with Crippen LogP contribution in [0.4, 0.5) is 0 Å². The molecule has 0 aliphatic carbocycles. The first-order valence-corrected chi connectivity index (χ1v) is 1.68. The third-order valence-electron chi connectivity index (χ3n) is 0. The molecule has 0 heterocycles. The van der Waals surface area contributed by atoms with Crippen LogP contribution in [-0.2, 0) is 25.7 Å². The molecule has 0 aromatic rings. The summed E-state index contributed by atoms with van der Waals surface area (Å²) in [6, 6.07) is 0. The van der Waals surface area contributed by atoms with Crippen molar-refractivity contribution >= 4 is 49.6 Å². The van der Waals surface area contributed by atoms with Crippen LogP contribution in [0, 0.1) is 0 Å². The first kappa shape index (κ1) is 39.2. The van der Waals surface area contributed by atoms with Gasteiger partial charge in [-0.1, -0.05) is 0 Å². The molecule has 0 atom stereocenters. The molecule has 0 saturated carbocycles. The Morgan fingerprint density at radius 3 is 0.714 bits per heavy atom. The Morgan fingerprint density at radius 2 is 0.714 bits per heavy atom. The summed E-state index contributed by atoms with van der Waals surface area (Å²) in [4.78, 5) is 0. The van der Waals surface area contributed by atoms with Crippen molar-refractivity contribution in [1.82, 2.24) is 0 Å². The molecule has 48 valence electrons. The molecule has 7 heavy (non-hydrogen) atoms. The van der Waals surface area contributed by atoms with E-state index in [1.54, 1.807) is 0 Å². The van der Waals surface area contributed by atoms with Gasteiger partial charge in [0.05, 0.1) is 0 Å². The summed E-state index contributed by atoms with van der Waals surface area (Å²) in [5.74, 6) is 0. The molecule has 0 radical (unpaired) electrons. The van der Waals surface area contributed by atoms with E-state index in [2.05, 4.69) is 0 Å². The van der Waals surface area contributed by atoms with E-state index in [0.29, 0.717) is 0 Å². The van der Waals surface area contributed by atoms with Crippen LogP contribution in [0.1, 0.15) is 0 Å². The second-order valence-electron chi connectivity index (χ2n) is 0.0833. The Hall–Kier alpha value is 1.47. The fourth-order valence-electron chi connectivity index (χ4n) is 0. The van der Waals surface area contributed by atoms with Gasteiger partial charge in [0, 0.05) is 0 Å². The zero-order valence-electron chi connectivity index (χ0n) is 2.95. The molecule has 0 amide bonds.